The van der Waals surface area contributed by atoms with Crippen molar-refractivity contribution in [1.29, 1.82) is 0 Å². The van der Waals surface area contributed by atoms with Gasteiger partial charge in [0.1, 0.15) is 5.82 Å². The minimum Gasteiger partial charge on any atom is -0.454 e. The van der Waals surface area contributed by atoms with Crippen molar-refractivity contribution < 1.29 is 13.9 Å². The lowest BCUT2D eigenvalue weighted by Crippen LogP contribution is -2.11. The van der Waals surface area contributed by atoms with Crippen LogP contribution in [0, 0.1) is 5.82 Å². The molecular formula is C18H14FN3O2S. The topological polar surface area (TPSA) is 48.1 Å². The number of hydrogen-bond donors (Lipinski definition) is 0. The largest absolute Gasteiger partial charge is 0.454 e. The summed E-state index contributed by atoms with van der Waals surface area (Å²) in [5.41, 5.74) is 1.99. The van der Waals surface area contributed by atoms with Gasteiger partial charge < -0.3 is 9.47 Å². The van der Waals surface area contributed by atoms with Crippen LogP contribution in [0.15, 0.2) is 57.9 Å². The Kier molecular flexibility index (Phi) is 4.07. The van der Waals surface area contributed by atoms with Gasteiger partial charge in [-0.25, -0.2) is 9.07 Å². The Bertz CT molecular complexity index is 1020. The second-order valence-electron chi connectivity index (χ2n) is 5.28. The maximum Gasteiger partial charge on any atom is 0.231 e. The first-order chi connectivity index (χ1) is 12.3. The molecule has 4 rings (SSSR count). The number of thiazole rings is 1. The van der Waals surface area contributed by atoms with E-state index in [1.54, 1.807) is 36.1 Å². The van der Waals surface area contributed by atoms with E-state index in [2.05, 4.69) is 10.1 Å². The van der Waals surface area contributed by atoms with E-state index in [0.717, 1.165) is 11.3 Å². The molecule has 1 aliphatic rings. The van der Waals surface area contributed by atoms with Crippen molar-refractivity contribution >= 4 is 17.6 Å². The number of hydrogen-bond acceptors (Lipinski definition) is 5. The highest BCUT2D eigenvalue weighted by Gasteiger charge is 2.13. The van der Waals surface area contributed by atoms with E-state index in [0.29, 0.717) is 21.8 Å². The van der Waals surface area contributed by atoms with Gasteiger partial charge in [0, 0.05) is 18.0 Å². The molecule has 0 saturated carbocycles. The molecule has 0 aliphatic carbocycles. The summed E-state index contributed by atoms with van der Waals surface area (Å²) in [5.74, 6) is 1.11. The van der Waals surface area contributed by atoms with Gasteiger partial charge in [0.15, 0.2) is 11.5 Å². The molecule has 0 amide bonds. The molecule has 0 radical (unpaired) electrons. The second kappa shape index (κ2) is 6.52. The molecular weight excluding hydrogens is 341 g/mol. The second-order valence-corrected chi connectivity index (χ2v) is 6.11. The highest BCUT2D eigenvalue weighted by molar-refractivity contribution is 7.07. The molecule has 2 heterocycles. The van der Waals surface area contributed by atoms with Crippen molar-refractivity contribution in [2.75, 3.05) is 13.8 Å². The smallest absolute Gasteiger partial charge is 0.231 e. The van der Waals surface area contributed by atoms with E-state index in [1.165, 1.54) is 17.4 Å². The summed E-state index contributed by atoms with van der Waals surface area (Å²) in [4.78, 5) is 4.89. The van der Waals surface area contributed by atoms with Gasteiger partial charge in [0.25, 0.3) is 0 Å². The minimum atomic E-state index is -0.296. The normalized spacial score (nSPS) is 13.8. The Hall–Kier alpha value is -2.93. The highest BCUT2D eigenvalue weighted by Crippen LogP contribution is 2.32. The Morgan fingerprint density at radius 2 is 2.00 bits per heavy atom. The van der Waals surface area contributed by atoms with Gasteiger partial charge in [0.05, 0.1) is 11.9 Å². The fourth-order valence-electron chi connectivity index (χ4n) is 2.53. The fourth-order valence-corrected chi connectivity index (χ4v) is 3.33. The lowest BCUT2D eigenvalue weighted by atomic mass is 10.1. The van der Waals surface area contributed by atoms with Crippen LogP contribution in [0.5, 0.6) is 11.5 Å². The summed E-state index contributed by atoms with van der Waals surface area (Å²) in [7, 11) is 1.68. The van der Waals surface area contributed by atoms with Crippen LogP contribution >= 0.6 is 11.3 Å². The molecule has 0 N–H and O–H groups in total. The molecule has 0 bridgehead atoms. The van der Waals surface area contributed by atoms with Crippen LogP contribution in [0.1, 0.15) is 5.56 Å². The summed E-state index contributed by atoms with van der Waals surface area (Å²) in [6.07, 6.45) is 1.69. The summed E-state index contributed by atoms with van der Waals surface area (Å²) >= 11 is 1.41. The number of ether oxygens (including phenoxy) is 2. The first-order valence-electron chi connectivity index (χ1n) is 7.58. The maximum absolute atomic E-state index is 14.2. The van der Waals surface area contributed by atoms with Gasteiger partial charge in [-0.2, -0.15) is 5.10 Å². The average Bonchev–Trinajstić information content (AvgIpc) is 3.26. The number of halogens is 1. The molecule has 5 nitrogen and oxygen atoms in total. The van der Waals surface area contributed by atoms with E-state index in [4.69, 9.17) is 9.47 Å². The average molecular weight is 355 g/mol. The number of nitrogens with zero attached hydrogens (tertiary/aromatic N) is 3. The minimum absolute atomic E-state index is 0.228. The molecule has 3 aromatic rings. The first kappa shape index (κ1) is 15.6. The van der Waals surface area contributed by atoms with Gasteiger partial charge >= 0.3 is 0 Å². The number of fused-ring (bicyclic) bond motifs is 1. The number of aromatic nitrogens is 1. The third kappa shape index (κ3) is 2.94. The zero-order valence-electron chi connectivity index (χ0n) is 13.3. The van der Waals surface area contributed by atoms with E-state index >= 15 is 0 Å². The van der Waals surface area contributed by atoms with Crippen molar-refractivity contribution in [3.63, 3.8) is 0 Å². The predicted molar refractivity (Wildman–Crippen MR) is 94.7 cm³/mol. The van der Waals surface area contributed by atoms with Gasteiger partial charge in [-0.05, 0) is 35.9 Å². The summed E-state index contributed by atoms with van der Waals surface area (Å²) < 4.78 is 26.5. The van der Waals surface area contributed by atoms with Crippen LogP contribution < -0.4 is 14.3 Å². The van der Waals surface area contributed by atoms with E-state index in [9.17, 15) is 4.39 Å². The lowest BCUT2D eigenvalue weighted by molar-refractivity contribution is 0.174. The summed E-state index contributed by atoms with van der Waals surface area (Å²) in [5, 5.41) is 6.34. The Morgan fingerprint density at radius 3 is 2.84 bits per heavy atom. The molecule has 2 aromatic carbocycles. The standard InChI is InChI=1S/C18H14FN3O2S/c1-20-18-22(15(10-25-18)13-4-2-3-5-14(13)19)21-9-12-6-7-16-17(8-12)24-11-23-16/h2-10H,11H2,1H3/b20-18?,21-9-. The van der Waals surface area contributed by atoms with Crippen LogP contribution in [0.4, 0.5) is 4.39 Å². The van der Waals surface area contributed by atoms with Crippen molar-refractivity contribution in [2.45, 2.75) is 0 Å². The molecule has 1 aliphatic heterocycles. The van der Waals surface area contributed by atoms with Crippen LogP contribution in [-0.2, 0) is 0 Å². The SMILES string of the molecule is CN=c1scc(-c2ccccc2F)n1/N=C\c1ccc2c(c1)OCO2. The van der Waals surface area contributed by atoms with E-state index < -0.39 is 0 Å². The molecule has 0 unspecified atom stereocenters. The molecule has 0 saturated heterocycles. The highest BCUT2D eigenvalue weighted by atomic mass is 32.1. The van der Waals surface area contributed by atoms with Gasteiger partial charge in [-0.1, -0.05) is 12.1 Å². The summed E-state index contributed by atoms with van der Waals surface area (Å²) in [6, 6.07) is 12.2. The van der Waals surface area contributed by atoms with Crippen LogP contribution in [0.25, 0.3) is 11.3 Å². The third-order valence-corrected chi connectivity index (χ3v) is 4.65. The number of rotatable bonds is 3. The van der Waals surface area contributed by atoms with Crippen molar-refractivity contribution in [2.24, 2.45) is 10.1 Å². The predicted octanol–water partition coefficient (Wildman–Crippen LogP) is 3.50. The fraction of sp³-hybridized carbons (Fsp3) is 0.111. The van der Waals surface area contributed by atoms with Gasteiger partial charge in [0.2, 0.25) is 11.6 Å². The van der Waals surface area contributed by atoms with Crippen molar-refractivity contribution in [1.82, 2.24) is 4.68 Å². The molecule has 126 valence electrons. The van der Waals surface area contributed by atoms with Crippen molar-refractivity contribution in [3.05, 3.63) is 64.0 Å². The molecule has 0 atom stereocenters. The van der Waals surface area contributed by atoms with Crippen molar-refractivity contribution in [3.8, 4) is 22.8 Å². The quantitative estimate of drug-likeness (QED) is 0.675. The molecule has 0 fully saturated rings. The Balaban J connectivity index is 1.75. The molecule has 7 heteroatoms. The molecule has 0 spiro atoms. The zero-order valence-corrected chi connectivity index (χ0v) is 14.2. The number of benzene rings is 2. The lowest BCUT2D eigenvalue weighted by Gasteiger charge is -2.04. The zero-order chi connectivity index (χ0) is 17.2. The maximum atomic E-state index is 14.2. The summed E-state index contributed by atoms with van der Waals surface area (Å²) in [6.45, 7) is 0.228. The Morgan fingerprint density at radius 1 is 1.16 bits per heavy atom. The Labute approximate surface area is 147 Å². The first-order valence-corrected chi connectivity index (χ1v) is 8.46. The molecule has 1 aromatic heterocycles. The van der Waals surface area contributed by atoms with Crippen LogP contribution in [0.2, 0.25) is 0 Å². The molecule has 25 heavy (non-hydrogen) atoms. The van der Waals surface area contributed by atoms with E-state index in [-0.39, 0.29) is 12.6 Å². The van der Waals surface area contributed by atoms with Gasteiger partial charge in [-0.3, -0.25) is 4.99 Å². The van der Waals surface area contributed by atoms with Crippen LogP contribution in [0.3, 0.4) is 0 Å². The van der Waals surface area contributed by atoms with Crippen LogP contribution in [-0.4, -0.2) is 24.7 Å². The van der Waals surface area contributed by atoms with E-state index in [1.807, 2.05) is 23.6 Å². The third-order valence-electron chi connectivity index (χ3n) is 3.75. The van der Waals surface area contributed by atoms with Gasteiger partial charge in [-0.15, -0.1) is 11.3 Å². The monoisotopic (exact) mass is 355 g/mol.